The maximum Gasteiger partial charge on any atom is 0.251 e. The summed E-state index contributed by atoms with van der Waals surface area (Å²) >= 11 is 0. The zero-order valence-electron chi connectivity index (χ0n) is 13.6. The number of ether oxygens (including phenoxy) is 1. The van der Waals surface area contributed by atoms with Crippen LogP contribution in [0.1, 0.15) is 42.4 Å². The van der Waals surface area contributed by atoms with E-state index in [2.05, 4.69) is 36.1 Å². The lowest BCUT2D eigenvalue weighted by molar-refractivity contribution is 0.0953. The Labute approximate surface area is 131 Å². The first-order valence-corrected chi connectivity index (χ1v) is 7.36. The molecule has 5 heteroatoms. The maximum absolute atomic E-state index is 12.2. The van der Waals surface area contributed by atoms with E-state index in [0.29, 0.717) is 18.5 Å². The second kappa shape index (κ2) is 6.64. The predicted molar refractivity (Wildman–Crippen MR) is 86.3 cm³/mol. The maximum atomic E-state index is 12.2. The van der Waals surface area contributed by atoms with Gasteiger partial charge in [-0.25, -0.2) is 4.98 Å². The van der Waals surface area contributed by atoms with Crippen LogP contribution in [-0.4, -0.2) is 29.5 Å². The number of carbonyl (C=O) groups is 1. The molecule has 1 aromatic carbocycles. The molecule has 1 heterocycles. The van der Waals surface area contributed by atoms with Crippen LogP contribution in [0.3, 0.4) is 0 Å². The molecule has 0 aliphatic rings. The van der Waals surface area contributed by atoms with E-state index < -0.39 is 0 Å². The van der Waals surface area contributed by atoms with E-state index in [1.165, 1.54) is 0 Å². The fraction of sp³-hybridized carbons (Fsp3) is 0.412. The Bertz CT molecular complexity index is 628. The van der Waals surface area contributed by atoms with Gasteiger partial charge in [0.25, 0.3) is 5.91 Å². The minimum Gasteiger partial charge on any atom is -0.496 e. The Hall–Kier alpha value is -2.30. The first-order chi connectivity index (χ1) is 10.4. The first-order valence-electron chi connectivity index (χ1n) is 7.36. The molecule has 0 fully saturated rings. The highest BCUT2D eigenvalue weighted by Crippen LogP contribution is 2.31. The van der Waals surface area contributed by atoms with Crippen LogP contribution in [0.4, 0.5) is 0 Å². The van der Waals surface area contributed by atoms with Gasteiger partial charge >= 0.3 is 0 Å². The number of methoxy groups -OCH3 is 1. The van der Waals surface area contributed by atoms with Gasteiger partial charge < -0.3 is 15.0 Å². The molecule has 118 valence electrons. The van der Waals surface area contributed by atoms with Gasteiger partial charge in [-0.3, -0.25) is 4.79 Å². The van der Waals surface area contributed by atoms with Crippen molar-refractivity contribution in [3.8, 4) is 5.75 Å². The average molecular weight is 301 g/mol. The summed E-state index contributed by atoms with van der Waals surface area (Å²) in [6.07, 6.45) is 4.16. The lowest BCUT2D eigenvalue weighted by Crippen LogP contribution is -2.26. The van der Waals surface area contributed by atoms with Crippen molar-refractivity contribution < 1.29 is 9.53 Å². The molecule has 2 N–H and O–H groups in total. The topological polar surface area (TPSA) is 67.0 Å². The van der Waals surface area contributed by atoms with E-state index in [9.17, 15) is 4.79 Å². The Morgan fingerprint density at radius 3 is 2.73 bits per heavy atom. The minimum atomic E-state index is -0.103. The molecule has 1 aromatic heterocycles. The van der Waals surface area contributed by atoms with Gasteiger partial charge in [-0.2, -0.15) is 0 Å². The van der Waals surface area contributed by atoms with Gasteiger partial charge in [0, 0.05) is 24.7 Å². The number of H-pyrrole nitrogens is 1. The summed E-state index contributed by atoms with van der Waals surface area (Å²) in [7, 11) is 1.63. The zero-order valence-corrected chi connectivity index (χ0v) is 13.6. The van der Waals surface area contributed by atoms with Crippen molar-refractivity contribution in [2.75, 3.05) is 13.7 Å². The van der Waals surface area contributed by atoms with Crippen LogP contribution in [0.25, 0.3) is 0 Å². The van der Waals surface area contributed by atoms with Crippen molar-refractivity contribution in [3.05, 3.63) is 47.5 Å². The molecule has 0 unspecified atom stereocenters. The second-order valence-corrected chi connectivity index (χ2v) is 6.23. The summed E-state index contributed by atoms with van der Waals surface area (Å²) in [5.41, 5.74) is 2.59. The molecule has 0 aliphatic carbocycles. The monoisotopic (exact) mass is 301 g/mol. The number of rotatable bonds is 5. The molecular formula is C17H23N3O2. The summed E-state index contributed by atoms with van der Waals surface area (Å²) in [6.45, 7) is 6.91. The number of carbonyl (C=O) groups excluding carboxylic acids is 1. The van der Waals surface area contributed by atoms with Crippen molar-refractivity contribution in [1.29, 1.82) is 0 Å². The van der Waals surface area contributed by atoms with Crippen LogP contribution in [0.2, 0.25) is 0 Å². The third-order valence-corrected chi connectivity index (χ3v) is 3.49. The molecular weight excluding hydrogens is 278 g/mol. The fourth-order valence-corrected chi connectivity index (χ4v) is 2.29. The summed E-state index contributed by atoms with van der Waals surface area (Å²) in [6, 6.07) is 5.60. The SMILES string of the molecule is COc1cc(C(=O)NCCc2c[nH]cn2)ccc1C(C)(C)C. The Balaban J connectivity index is 2.03. The van der Waals surface area contributed by atoms with Gasteiger partial charge in [0.05, 0.1) is 19.1 Å². The van der Waals surface area contributed by atoms with Crippen LogP contribution in [0.5, 0.6) is 5.75 Å². The highest BCUT2D eigenvalue weighted by atomic mass is 16.5. The molecule has 2 aromatic rings. The van der Waals surface area contributed by atoms with E-state index in [-0.39, 0.29) is 11.3 Å². The largest absolute Gasteiger partial charge is 0.496 e. The molecule has 0 radical (unpaired) electrons. The van der Waals surface area contributed by atoms with Crippen molar-refractivity contribution in [2.45, 2.75) is 32.6 Å². The van der Waals surface area contributed by atoms with Crippen LogP contribution in [-0.2, 0) is 11.8 Å². The molecule has 0 bridgehead atoms. The summed E-state index contributed by atoms with van der Waals surface area (Å²) in [5.74, 6) is 0.641. The van der Waals surface area contributed by atoms with Crippen molar-refractivity contribution in [3.63, 3.8) is 0 Å². The quantitative estimate of drug-likeness (QED) is 0.892. The normalized spacial score (nSPS) is 11.3. The van der Waals surface area contributed by atoms with Gasteiger partial charge in [-0.05, 0) is 23.1 Å². The van der Waals surface area contributed by atoms with Crippen molar-refractivity contribution in [2.24, 2.45) is 0 Å². The second-order valence-electron chi connectivity index (χ2n) is 6.23. The predicted octanol–water partition coefficient (Wildman–Crippen LogP) is 2.69. The molecule has 0 atom stereocenters. The van der Waals surface area contributed by atoms with Gasteiger partial charge in [0.15, 0.2) is 0 Å². The molecule has 0 saturated heterocycles. The zero-order chi connectivity index (χ0) is 16.2. The van der Waals surface area contributed by atoms with Crippen molar-refractivity contribution in [1.82, 2.24) is 15.3 Å². The molecule has 22 heavy (non-hydrogen) atoms. The number of hydrogen-bond acceptors (Lipinski definition) is 3. The van der Waals surface area contributed by atoms with Crippen molar-refractivity contribution >= 4 is 5.91 Å². The van der Waals surface area contributed by atoms with Crippen LogP contribution < -0.4 is 10.1 Å². The summed E-state index contributed by atoms with van der Waals surface area (Å²) < 4.78 is 5.43. The molecule has 5 nitrogen and oxygen atoms in total. The molecule has 0 aliphatic heterocycles. The van der Waals surface area contributed by atoms with E-state index in [1.54, 1.807) is 19.5 Å². The molecule has 1 amide bonds. The fourth-order valence-electron chi connectivity index (χ4n) is 2.29. The number of hydrogen-bond donors (Lipinski definition) is 2. The number of aromatic amines is 1. The summed E-state index contributed by atoms with van der Waals surface area (Å²) in [4.78, 5) is 19.2. The van der Waals surface area contributed by atoms with Gasteiger partial charge in [-0.15, -0.1) is 0 Å². The highest BCUT2D eigenvalue weighted by Gasteiger charge is 2.20. The van der Waals surface area contributed by atoms with Crippen LogP contribution in [0.15, 0.2) is 30.7 Å². The van der Waals surface area contributed by atoms with Gasteiger partial charge in [-0.1, -0.05) is 26.8 Å². The smallest absolute Gasteiger partial charge is 0.251 e. The number of imidazole rings is 1. The van der Waals surface area contributed by atoms with E-state index in [0.717, 1.165) is 17.0 Å². The van der Waals surface area contributed by atoms with Gasteiger partial charge in [0.2, 0.25) is 0 Å². The Kier molecular flexibility index (Phi) is 4.85. The lowest BCUT2D eigenvalue weighted by Gasteiger charge is -2.22. The van der Waals surface area contributed by atoms with E-state index in [1.807, 2.05) is 18.3 Å². The highest BCUT2D eigenvalue weighted by molar-refractivity contribution is 5.94. The summed E-state index contributed by atoms with van der Waals surface area (Å²) in [5, 5.41) is 2.90. The molecule has 0 saturated carbocycles. The van der Waals surface area contributed by atoms with Gasteiger partial charge in [0.1, 0.15) is 5.75 Å². The first kappa shape index (κ1) is 16.1. The van der Waals surface area contributed by atoms with E-state index in [4.69, 9.17) is 4.74 Å². The Morgan fingerprint density at radius 2 is 2.14 bits per heavy atom. The molecule has 0 spiro atoms. The van der Waals surface area contributed by atoms with E-state index >= 15 is 0 Å². The number of nitrogens with one attached hydrogen (secondary N) is 2. The lowest BCUT2D eigenvalue weighted by atomic mass is 9.85. The number of benzene rings is 1. The minimum absolute atomic E-state index is 0.0275. The van der Waals surface area contributed by atoms with Crippen LogP contribution >= 0.6 is 0 Å². The number of aromatic nitrogens is 2. The third kappa shape index (κ3) is 3.87. The number of nitrogens with zero attached hydrogens (tertiary/aromatic N) is 1. The number of amides is 1. The Morgan fingerprint density at radius 1 is 1.36 bits per heavy atom. The standard InChI is InChI=1S/C17H23N3O2/c1-17(2,3)14-6-5-12(9-15(14)22-4)16(21)19-8-7-13-10-18-11-20-13/h5-6,9-11H,7-8H2,1-4H3,(H,18,20)(H,19,21). The average Bonchev–Trinajstić information content (AvgIpc) is 2.98. The van der Waals surface area contributed by atoms with Crippen LogP contribution in [0, 0.1) is 0 Å². The molecule has 2 rings (SSSR count). The third-order valence-electron chi connectivity index (χ3n) is 3.49.